The van der Waals surface area contributed by atoms with Gasteiger partial charge in [0.2, 0.25) is 0 Å². The van der Waals surface area contributed by atoms with E-state index in [1.54, 1.807) is 13.2 Å². The van der Waals surface area contributed by atoms with E-state index < -0.39 is 5.97 Å². The molecule has 0 atom stereocenters. The fraction of sp³-hybridized carbons (Fsp3) is 0.0952. The molecule has 3 rings (SSSR count). The second-order valence-electron chi connectivity index (χ2n) is 5.70. The lowest BCUT2D eigenvalue weighted by molar-refractivity contribution is 0.0694. The highest BCUT2D eigenvalue weighted by Crippen LogP contribution is 2.28. The summed E-state index contributed by atoms with van der Waals surface area (Å²) >= 11 is 0. The SMILES string of the molecule is COc1ccc(COc2ccc(-c3ccc(C(=O)O)c(O)c3)cc2)cc1. The Morgan fingerprint density at radius 3 is 2.08 bits per heavy atom. The normalized spacial score (nSPS) is 10.3. The summed E-state index contributed by atoms with van der Waals surface area (Å²) in [5.41, 5.74) is 2.50. The number of carbonyl (C=O) groups is 1. The maximum Gasteiger partial charge on any atom is 0.339 e. The zero-order chi connectivity index (χ0) is 18.5. The van der Waals surface area contributed by atoms with Crippen molar-refractivity contribution in [3.63, 3.8) is 0 Å². The van der Waals surface area contributed by atoms with Gasteiger partial charge < -0.3 is 19.7 Å². The molecule has 5 heteroatoms. The zero-order valence-electron chi connectivity index (χ0n) is 14.2. The van der Waals surface area contributed by atoms with Gasteiger partial charge in [0.15, 0.2) is 0 Å². The van der Waals surface area contributed by atoms with Crippen LogP contribution in [-0.4, -0.2) is 23.3 Å². The van der Waals surface area contributed by atoms with Gasteiger partial charge in [-0.2, -0.15) is 0 Å². The number of phenols is 1. The van der Waals surface area contributed by atoms with Crippen molar-refractivity contribution >= 4 is 5.97 Å². The number of aromatic hydroxyl groups is 1. The molecule has 0 bridgehead atoms. The van der Waals surface area contributed by atoms with E-state index in [-0.39, 0.29) is 11.3 Å². The Hall–Kier alpha value is -3.47. The molecule has 0 radical (unpaired) electrons. The summed E-state index contributed by atoms with van der Waals surface area (Å²) in [5, 5.41) is 18.8. The topological polar surface area (TPSA) is 76.0 Å². The number of methoxy groups -OCH3 is 1. The second-order valence-corrected chi connectivity index (χ2v) is 5.70. The molecule has 0 fully saturated rings. The summed E-state index contributed by atoms with van der Waals surface area (Å²) < 4.78 is 10.9. The number of rotatable bonds is 6. The molecule has 0 spiro atoms. The van der Waals surface area contributed by atoms with Crippen molar-refractivity contribution in [2.45, 2.75) is 6.61 Å². The molecule has 0 aromatic heterocycles. The van der Waals surface area contributed by atoms with E-state index in [2.05, 4.69) is 0 Å². The van der Waals surface area contributed by atoms with Crippen molar-refractivity contribution < 1.29 is 24.5 Å². The quantitative estimate of drug-likeness (QED) is 0.691. The Bertz CT molecular complexity index is 899. The van der Waals surface area contributed by atoms with E-state index in [1.165, 1.54) is 12.1 Å². The first-order valence-corrected chi connectivity index (χ1v) is 7.99. The van der Waals surface area contributed by atoms with Gasteiger partial charge in [-0.05, 0) is 53.1 Å². The summed E-state index contributed by atoms with van der Waals surface area (Å²) in [6.45, 7) is 0.442. The number of hydrogen-bond donors (Lipinski definition) is 2. The molecule has 5 nitrogen and oxygen atoms in total. The van der Waals surface area contributed by atoms with Crippen LogP contribution in [-0.2, 0) is 6.61 Å². The highest BCUT2D eigenvalue weighted by Gasteiger charge is 2.10. The predicted octanol–water partition coefficient (Wildman–Crippen LogP) is 4.35. The van der Waals surface area contributed by atoms with Crippen molar-refractivity contribution in [3.05, 3.63) is 77.9 Å². The van der Waals surface area contributed by atoms with E-state index in [0.717, 1.165) is 28.2 Å². The van der Waals surface area contributed by atoms with Gasteiger partial charge >= 0.3 is 5.97 Å². The first-order chi connectivity index (χ1) is 12.6. The van der Waals surface area contributed by atoms with Gasteiger partial charge in [-0.1, -0.05) is 30.3 Å². The van der Waals surface area contributed by atoms with Crippen LogP contribution in [0.4, 0.5) is 0 Å². The van der Waals surface area contributed by atoms with E-state index in [9.17, 15) is 9.90 Å². The van der Waals surface area contributed by atoms with E-state index in [0.29, 0.717) is 6.61 Å². The third-order valence-corrected chi connectivity index (χ3v) is 3.98. The van der Waals surface area contributed by atoms with Crippen LogP contribution in [0.5, 0.6) is 17.2 Å². The largest absolute Gasteiger partial charge is 0.507 e. The van der Waals surface area contributed by atoms with Crippen LogP contribution in [0.1, 0.15) is 15.9 Å². The predicted molar refractivity (Wildman–Crippen MR) is 97.8 cm³/mol. The average Bonchev–Trinajstić information content (AvgIpc) is 2.67. The van der Waals surface area contributed by atoms with Crippen LogP contribution in [0.25, 0.3) is 11.1 Å². The molecule has 0 saturated heterocycles. The number of benzene rings is 3. The van der Waals surface area contributed by atoms with Crippen LogP contribution in [0.3, 0.4) is 0 Å². The number of carboxylic acid groups (broad SMARTS) is 1. The lowest BCUT2D eigenvalue weighted by atomic mass is 10.0. The summed E-state index contributed by atoms with van der Waals surface area (Å²) in [5.74, 6) is 0.109. The maximum atomic E-state index is 11.0. The lowest BCUT2D eigenvalue weighted by Gasteiger charge is -2.09. The van der Waals surface area contributed by atoms with Gasteiger partial charge in [0.05, 0.1) is 7.11 Å². The number of aromatic carboxylic acids is 1. The summed E-state index contributed by atoms with van der Waals surface area (Å²) in [7, 11) is 1.63. The molecule has 0 unspecified atom stereocenters. The highest BCUT2D eigenvalue weighted by atomic mass is 16.5. The van der Waals surface area contributed by atoms with E-state index in [1.807, 2.05) is 48.5 Å². The highest BCUT2D eigenvalue weighted by molar-refractivity contribution is 5.91. The summed E-state index contributed by atoms with van der Waals surface area (Å²) in [6, 6.07) is 19.5. The summed E-state index contributed by atoms with van der Waals surface area (Å²) in [4.78, 5) is 11.0. The van der Waals surface area contributed by atoms with Crippen LogP contribution in [0.15, 0.2) is 66.7 Å². The molecule has 0 heterocycles. The van der Waals surface area contributed by atoms with E-state index in [4.69, 9.17) is 14.6 Å². The third-order valence-electron chi connectivity index (χ3n) is 3.98. The van der Waals surface area contributed by atoms with Crippen molar-refractivity contribution in [1.82, 2.24) is 0 Å². The monoisotopic (exact) mass is 350 g/mol. The first kappa shape index (κ1) is 17.4. The van der Waals surface area contributed by atoms with Gasteiger partial charge in [-0.25, -0.2) is 4.79 Å². The summed E-state index contributed by atoms with van der Waals surface area (Å²) in [6.07, 6.45) is 0. The minimum Gasteiger partial charge on any atom is -0.507 e. The van der Waals surface area contributed by atoms with Gasteiger partial charge in [0.1, 0.15) is 29.4 Å². The molecule has 0 aliphatic rings. The van der Waals surface area contributed by atoms with Gasteiger partial charge in [-0.15, -0.1) is 0 Å². The Morgan fingerprint density at radius 1 is 0.885 bits per heavy atom. The molecular formula is C21H18O5. The molecule has 2 N–H and O–H groups in total. The van der Waals surface area contributed by atoms with Crippen LogP contribution in [0, 0.1) is 0 Å². The van der Waals surface area contributed by atoms with Gasteiger partial charge in [-0.3, -0.25) is 0 Å². The van der Waals surface area contributed by atoms with Crippen LogP contribution < -0.4 is 9.47 Å². The molecule has 3 aromatic carbocycles. The minimum atomic E-state index is -1.16. The van der Waals surface area contributed by atoms with Crippen molar-refractivity contribution in [2.24, 2.45) is 0 Å². The Morgan fingerprint density at radius 2 is 1.50 bits per heavy atom. The molecule has 0 saturated carbocycles. The minimum absolute atomic E-state index is 0.117. The number of carboxylic acids is 1. The third kappa shape index (κ3) is 3.95. The maximum absolute atomic E-state index is 11.0. The molecule has 3 aromatic rings. The Balaban J connectivity index is 1.68. The standard InChI is InChI=1S/C21H18O5/c1-25-17-7-2-14(3-8-17)13-26-18-9-4-15(5-10-18)16-6-11-19(21(23)24)20(22)12-16/h2-12,22H,13H2,1H3,(H,23,24). The van der Waals surface area contributed by atoms with Crippen LogP contribution >= 0.6 is 0 Å². The molecular weight excluding hydrogens is 332 g/mol. The molecule has 0 amide bonds. The molecule has 0 aliphatic heterocycles. The zero-order valence-corrected chi connectivity index (χ0v) is 14.2. The van der Waals surface area contributed by atoms with Crippen molar-refractivity contribution in [2.75, 3.05) is 7.11 Å². The van der Waals surface area contributed by atoms with Crippen molar-refractivity contribution in [1.29, 1.82) is 0 Å². The molecule has 0 aliphatic carbocycles. The molecule has 132 valence electrons. The number of ether oxygens (including phenoxy) is 2. The Labute approximate surface area is 151 Å². The lowest BCUT2D eigenvalue weighted by Crippen LogP contribution is -1.96. The second kappa shape index (κ2) is 7.61. The fourth-order valence-corrected chi connectivity index (χ4v) is 2.52. The Kier molecular flexibility index (Phi) is 5.08. The first-order valence-electron chi connectivity index (χ1n) is 7.99. The van der Waals surface area contributed by atoms with Gasteiger partial charge in [0, 0.05) is 0 Å². The average molecular weight is 350 g/mol. The number of hydrogen-bond acceptors (Lipinski definition) is 4. The fourth-order valence-electron chi connectivity index (χ4n) is 2.52. The van der Waals surface area contributed by atoms with Crippen LogP contribution in [0.2, 0.25) is 0 Å². The van der Waals surface area contributed by atoms with Gasteiger partial charge in [0.25, 0.3) is 0 Å². The molecule has 26 heavy (non-hydrogen) atoms. The smallest absolute Gasteiger partial charge is 0.339 e. The van der Waals surface area contributed by atoms with Crippen molar-refractivity contribution in [3.8, 4) is 28.4 Å². The van der Waals surface area contributed by atoms with E-state index >= 15 is 0 Å².